The van der Waals surface area contributed by atoms with Crippen LogP contribution >= 0.6 is 12.2 Å². The topological polar surface area (TPSA) is 74.0 Å². The molecule has 1 aliphatic heterocycles. The van der Waals surface area contributed by atoms with Gasteiger partial charge in [0.15, 0.2) is 5.11 Å². The minimum atomic E-state index is -4.50. The molecule has 0 saturated carbocycles. The lowest BCUT2D eigenvalue weighted by molar-refractivity contribution is -0.137. The quantitative estimate of drug-likeness (QED) is 0.289. The number of alkyl halides is 3. The second kappa shape index (κ2) is 9.92. The number of rotatable bonds is 4. The zero-order valence-corrected chi connectivity index (χ0v) is 19.1. The molecule has 3 rings (SSSR count). The lowest BCUT2D eigenvalue weighted by Crippen LogP contribution is -2.59. The summed E-state index contributed by atoms with van der Waals surface area (Å²) in [6, 6.07) is 5.19. The fourth-order valence-corrected chi connectivity index (χ4v) is 3.98. The molecular formula is C22H22F5N5OS. The molecule has 1 saturated heterocycles. The number of anilines is 1. The normalized spacial score (nSPS) is 18.9. The number of carbonyl (C=O) groups excluding carboxylic acids is 1. The van der Waals surface area contributed by atoms with Crippen LogP contribution in [0.1, 0.15) is 35.3 Å². The Morgan fingerprint density at radius 2 is 1.71 bits per heavy atom. The minimum Gasteiger partial charge on any atom is -0.375 e. The van der Waals surface area contributed by atoms with E-state index in [4.69, 9.17) is 5.73 Å². The Morgan fingerprint density at radius 1 is 1.12 bits per heavy atom. The van der Waals surface area contributed by atoms with Gasteiger partial charge in [-0.1, -0.05) is 0 Å². The standard InChI is InChI=1S/C22H22F5N5OS/c1-12-10-31(19-8-17(23)15(7-18(19)24)9-29-30-21(28)34)11-13(2)32(12)20(33)14-3-5-16(6-4-14)22(25,26)27/h3-9,12-13H,10-11H2,1-2H3,(H3,28,30,34). The van der Waals surface area contributed by atoms with E-state index in [0.717, 1.165) is 42.6 Å². The van der Waals surface area contributed by atoms with Crippen molar-refractivity contribution in [3.63, 3.8) is 0 Å². The van der Waals surface area contributed by atoms with Crippen LogP contribution < -0.4 is 16.1 Å². The number of hydrogen-bond acceptors (Lipinski definition) is 4. The molecule has 34 heavy (non-hydrogen) atoms. The molecule has 2 aromatic rings. The first-order chi connectivity index (χ1) is 15.9. The number of halogens is 5. The zero-order valence-electron chi connectivity index (χ0n) is 18.2. The first kappa shape index (κ1) is 25.3. The van der Waals surface area contributed by atoms with Gasteiger partial charge in [-0.05, 0) is 56.4 Å². The summed E-state index contributed by atoms with van der Waals surface area (Å²) in [5.74, 6) is -1.83. The van der Waals surface area contributed by atoms with Crippen LogP contribution in [-0.2, 0) is 6.18 Å². The van der Waals surface area contributed by atoms with Gasteiger partial charge in [0, 0.05) is 42.4 Å². The van der Waals surface area contributed by atoms with Gasteiger partial charge in [-0.15, -0.1) is 0 Å². The number of nitrogens with one attached hydrogen (secondary N) is 1. The van der Waals surface area contributed by atoms with E-state index in [1.807, 2.05) is 0 Å². The maximum Gasteiger partial charge on any atom is 0.416 e. The first-order valence-electron chi connectivity index (χ1n) is 10.2. The summed E-state index contributed by atoms with van der Waals surface area (Å²) in [5.41, 5.74) is 6.67. The molecular weight excluding hydrogens is 477 g/mol. The fraction of sp³-hybridized carbons (Fsp3) is 0.318. The predicted molar refractivity (Wildman–Crippen MR) is 123 cm³/mol. The molecule has 0 bridgehead atoms. The van der Waals surface area contributed by atoms with Gasteiger partial charge in [0.05, 0.1) is 17.5 Å². The Balaban J connectivity index is 1.77. The van der Waals surface area contributed by atoms with E-state index in [0.29, 0.717) is 0 Å². The van der Waals surface area contributed by atoms with Crippen LogP contribution in [-0.4, -0.2) is 47.3 Å². The van der Waals surface area contributed by atoms with Crippen molar-refractivity contribution in [2.75, 3.05) is 18.0 Å². The number of nitrogens with two attached hydrogens (primary N) is 1. The van der Waals surface area contributed by atoms with Crippen molar-refractivity contribution in [3.8, 4) is 0 Å². The highest BCUT2D eigenvalue weighted by molar-refractivity contribution is 7.80. The lowest BCUT2D eigenvalue weighted by atomic mass is 10.0. The number of benzene rings is 2. The number of thiocarbonyl (C=S) groups is 1. The van der Waals surface area contributed by atoms with Crippen molar-refractivity contribution in [1.82, 2.24) is 10.3 Å². The van der Waals surface area contributed by atoms with Gasteiger partial charge in [0.2, 0.25) is 0 Å². The van der Waals surface area contributed by atoms with Gasteiger partial charge in [0.25, 0.3) is 5.91 Å². The van der Waals surface area contributed by atoms with Crippen LogP contribution in [0.2, 0.25) is 0 Å². The van der Waals surface area contributed by atoms with Gasteiger partial charge < -0.3 is 15.5 Å². The molecule has 12 heteroatoms. The summed E-state index contributed by atoms with van der Waals surface area (Å²) in [4.78, 5) is 16.2. The fourth-order valence-electron chi connectivity index (χ4n) is 3.93. The third kappa shape index (κ3) is 5.61. The number of nitrogens with zero attached hydrogens (tertiary/aromatic N) is 3. The van der Waals surface area contributed by atoms with E-state index in [1.54, 1.807) is 18.7 Å². The monoisotopic (exact) mass is 499 g/mol. The molecule has 0 aliphatic carbocycles. The molecule has 0 radical (unpaired) electrons. The summed E-state index contributed by atoms with van der Waals surface area (Å²) >= 11 is 4.58. The SMILES string of the molecule is CC1CN(c2cc(F)c(C=NNC(N)=S)cc2F)CC(C)N1C(=O)c1ccc(C(F)(F)F)cc1. The Kier molecular flexibility index (Phi) is 7.39. The molecule has 1 aliphatic rings. The third-order valence-corrected chi connectivity index (χ3v) is 5.49. The van der Waals surface area contributed by atoms with E-state index in [9.17, 15) is 26.7 Å². The highest BCUT2D eigenvalue weighted by Crippen LogP contribution is 2.31. The number of hydrogen-bond donors (Lipinski definition) is 2. The van der Waals surface area contributed by atoms with Gasteiger partial charge in [-0.3, -0.25) is 10.2 Å². The van der Waals surface area contributed by atoms with Gasteiger partial charge in [-0.2, -0.15) is 18.3 Å². The van der Waals surface area contributed by atoms with Crippen molar-refractivity contribution in [2.24, 2.45) is 10.8 Å². The molecule has 1 amide bonds. The molecule has 0 aromatic heterocycles. The second-order valence-electron chi connectivity index (χ2n) is 7.95. The Labute approximate surface area is 198 Å². The third-order valence-electron chi connectivity index (χ3n) is 5.40. The molecule has 3 N–H and O–H groups in total. The average molecular weight is 500 g/mol. The molecule has 2 unspecified atom stereocenters. The summed E-state index contributed by atoms with van der Waals surface area (Å²) < 4.78 is 67.7. The lowest BCUT2D eigenvalue weighted by Gasteiger charge is -2.45. The molecule has 1 heterocycles. The Bertz CT molecular complexity index is 1090. The minimum absolute atomic E-state index is 0.0253. The van der Waals surface area contributed by atoms with Crippen LogP contribution in [0.25, 0.3) is 0 Å². The average Bonchev–Trinajstić information content (AvgIpc) is 2.74. The highest BCUT2D eigenvalue weighted by Gasteiger charge is 2.35. The first-order valence-corrected chi connectivity index (χ1v) is 10.6. The van der Waals surface area contributed by atoms with Crippen molar-refractivity contribution in [1.29, 1.82) is 0 Å². The summed E-state index contributed by atoms with van der Waals surface area (Å²) in [5, 5.41) is 3.49. The van der Waals surface area contributed by atoms with Crippen molar-refractivity contribution in [2.45, 2.75) is 32.1 Å². The van der Waals surface area contributed by atoms with Crippen LogP contribution in [0, 0.1) is 11.6 Å². The highest BCUT2D eigenvalue weighted by atomic mass is 32.1. The Morgan fingerprint density at radius 3 is 2.24 bits per heavy atom. The van der Waals surface area contributed by atoms with E-state index in [1.165, 1.54) is 4.90 Å². The molecule has 1 fully saturated rings. The van der Waals surface area contributed by atoms with E-state index >= 15 is 0 Å². The largest absolute Gasteiger partial charge is 0.416 e. The van der Waals surface area contributed by atoms with E-state index in [-0.39, 0.29) is 35.0 Å². The molecule has 6 nitrogen and oxygen atoms in total. The van der Waals surface area contributed by atoms with Crippen LogP contribution in [0.5, 0.6) is 0 Å². The van der Waals surface area contributed by atoms with Crippen LogP contribution in [0.4, 0.5) is 27.6 Å². The molecule has 0 spiro atoms. The van der Waals surface area contributed by atoms with Gasteiger partial charge in [-0.25, -0.2) is 8.78 Å². The smallest absolute Gasteiger partial charge is 0.375 e. The number of amides is 1. The number of carbonyl (C=O) groups is 1. The molecule has 182 valence electrons. The van der Waals surface area contributed by atoms with Crippen molar-refractivity contribution < 1.29 is 26.7 Å². The van der Waals surface area contributed by atoms with Crippen LogP contribution in [0.15, 0.2) is 41.5 Å². The molecule has 2 atom stereocenters. The van der Waals surface area contributed by atoms with Gasteiger partial charge >= 0.3 is 6.18 Å². The second-order valence-corrected chi connectivity index (χ2v) is 8.39. The summed E-state index contributed by atoms with van der Waals surface area (Å²) in [6.45, 7) is 3.87. The number of hydrazone groups is 1. The van der Waals surface area contributed by atoms with Gasteiger partial charge in [0.1, 0.15) is 11.6 Å². The van der Waals surface area contributed by atoms with E-state index < -0.39 is 41.4 Å². The van der Waals surface area contributed by atoms with E-state index in [2.05, 4.69) is 22.7 Å². The maximum absolute atomic E-state index is 14.8. The zero-order chi connectivity index (χ0) is 25.2. The molecule has 2 aromatic carbocycles. The van der Waals surface area contributed by atoms with Crippen molar-refractivity contribution >= 4 is 35.1 Å². The Hall–Kier alpha value is -3.28. The predicted octanol–water partition coefficient (Wildman–Crippen LogP) is 3.89. The van der Waals surface area contributed by atoms with Crippen molar-refractivity contribution in [3.05, 3.63) is 64.7 Å². The summed E-state index contributed by atoms with van der Waals surface area (Å²) in [6.07, 6.45) is -3.45. The number of piperazine rings is 1. The van der Waals surface area contributed by atoms with Crippen LogP contribution in [0.3, 0.4) is 0 Å². The summed E-state index contributed by atoms with van der Waals surface area (Å²) in [7, 11) is 0. The maximum atomic E-state index is 14.8.